The summed E-state index contributed by atoms with van der Waals surface area (Å²) >= 11 is 0. The normalized spacial score (nSPS) is 12.0. The first-order chi connectivity index (χ1) is 14.5. The van der Waals surface area contributed by atoms with E-state index < -0.39 is 18.7 Å². The lowest BCUT2D eigenvalue weighted by Crippen LogP contribution is -2.18. The molecule has 0 unspecified atom stereocenters. The molecule has 1 aliphatic rings. The minimum absolute atomic E-state index is 0.00367. The van der Waals surface area contributed by atoms with Crippen molar-refractivity contribution in [3.8, 4) is 16.9 Å². The van der Waals surface area contributed by atoms with E-state index in [1.807, 2.05) is 24.3 Å². The third-order valence-electron chi connectivity index (χ3n) is 5.14. The average Bonchev–Trinajstić information content (AvgIpc) is 3.06. The van der Waals surface area contributed by atoms with Crippen molar-refractivity contribution in [3.05, 3.63) is 83.4 Å². The predicted molar refractivity (Wildman–Crippen MR) is 113 cm³/mol. The highest BCUT2D eigenvalue weighted by atomic mass is 16.5. The number of fused-ring (bicyclic) bond motifs is 3. The van der Waals surface area contributed by atoms with E-state index >= 15 is 0 Å². The molecule has 6 nitrogen and oxygen atoms in total. The highest BCUT2D eigenvalue weighted by Crippen LogP contribution is 2.44. The molecule has 0 radical (unpaired) electrons. The standard InChI is InChI=1S/C24H21NO5/c1-15-12-16(29-14-23(26)27)10-11-22(15)25-24(28)30-13-21-19-8-4-2-6-17(19)18-7-3-5-9-20(18)21/h2-12,21H,13-14H2,1H3,(H,25,28)(H,26,27). The Hall–Kier alpha value is -3.80. The topological polar surface area (TPSA) is 84.9 Å². The van der Waals surface area contributed by atoms with Crippen LogP contribution in [0.1, 0.15) is 22.6 Å². The number of aryl methyl sites for hydroxylation is 1. The number of carbonyl (C=O) groups is 2. The number of benzene rings is 3. The molecule has 0 bridgehead atoms. The van der Waals surface area contributed by atoms with Crippen LogP contribution in [0.25, 0.3) is 11.1 Å². The number of carbonyl (C=O) groups excluding carboxylic acids is 1. The van der Waals surface area contributed by atoms with Crippen LogP contribution >= 0.6 is 0 Å². The van der Waals surface area contributed by atoms with Crippen LogP contribution in [0.5, 0.6) is 5.75 Å². The molecule has 3 aromatic rings. The SMILES string of the molecule is Cc1cc(OCC(=O)O)ccc1NC(=O)OCC1c2ccccc2-c2ccccc21. The maximum Gasteiger partial charge on any atom is 0.411 e. The Bertz CT molecular complexity index is 1060. The molecule has 4 rings (SSSR count). The van der Waals surface area contributed by atoms with E-state index in [1.54, 1.807) is 25.1 Å². The van der Waals surface area contributed by atoms with Gasteiger partial charge in [-0.15, -0.1) is 0 Å². The molecule has 30 heavy (non-hydrogen) atoms. The van der Waals surface area contributed by atoms with E-state index in [0.29, 0.717) is 11.4 Å². The van der Waals surface area contributed by atoms with Gasteiger partial charge < -0.3 is 14.6 Å². The fraction of sp³-hybridized carbons (Fsp3) is 0.167. The lowest BCUT2D eigenvalue weighted by molar-refractivity contribution is -0.139. The van der Waals surface area contributed by atoms with Crippen molar-refractivity contribution in [1.82, 2.24) is 0 Å². The van der Waals surface area contributed by atoms with Gasteiger partial charge in [0.2, 0.25) is 0 Å². The summed E-state index contributed by atoms with van der Waals surface area (Å²) in [4.78, 5) is 23.0. The largest absolute Gasteiger partial charge is 0.482 e. The lowest BCUT2D eigenvalue weighted by Gasteiger charge is -2.15. The number of nitrogens with one attached hydrogen (secondary N) is 1. The number of carboxylic acid groups (broad SMARTS) is 1. The highest BCUT2D eigenvalue weighted by molar-refractivity contribution is 5.86. The van der Waals surface area contributed by atoms with E-state index in [4.69, 9.17) is 14.6 Å². The summed E-state index contributed by atoms with van der Waals surface area (Å²) in [5, 5.41) is 11.4. The molecule has 0 fully saturated rings. The number of hydrogen-bond donors (Lipinski definition) is 2. The molecule has 3 aromatic carbocycles. The number of anilines is 1. The van der Waals surface area contributed by atoms with Crippen LogP contribution in [-0.2, 0) is 9.53 Å². The first-order valence-corrected chi connectivity index (χ1v) is 9.60. The van der Waals surface area contributed by atoms with E-state index in [2.05, 4.69) is 29.6 Å². The van der Waals surface area contributed by atoms with E-state index in [-0.39, 0.29) is 12.5 Å². The second kappa shape index (κ2) is 8.29. The number of ether oxygens (including phenoxy) is 2. The second-order valence-electron chi connectivity index (χ2n) is 7.11. The summed E-state index contributed by atoms with van der Waals surface area (Å²) in [7, 11) is 0. The van der Waals surface area contributed by atoms with Gasteiger partial charge >= 0.3 is 12.1 Å². The zero-order chi connectivity index (χ0) is 21.1. The molecule has 0 aliphatic heterocycles. The molecular weight excluding hydrogens is 382 g/mol. The summed E-state index contributed by atoms with van der Waals surface area (Å²) in [6, 6.07) is 21.3. The van der Waals surface area contributed by atoms with Gasteiger partial charge in [-0.05, 0) is 52.9 Å². The number of rotatable bonds is 6. The van der Waals surface area contributed by atoms with Gasteiger partial charge in [-0.1, -0.05) is 48.5 Å². The van der Waals surface area contributed by atoms with Crippen molar-refractivity contribution >= 4 is 17.7 Å². The second-order valence-corrected chi connectivity index (χ2v) is 7.11. The summed E-state index contributed by atoms with van der Waals surface area (Å²) in [6.07, 6.45) is -0.542. The van der Waals surface area contributed by atoms with Crippen LogP contribution < -0.4 is 10.1 Å². The smallest absolute Gasteiger partial charge is 0.411 e. The van der Waals surface area contributed by atoms with Crippen molar-refractivity contribution in [1.29, 1.82) is 0 Å². The van der Waals surface area contributed by atoms with Crippen LogP contribution in [0.15, 0.2) is 66.7 Å². The molecule has 1 aliphatic carbocycles. The number of hydrogen-bond acceptors (Lipinski definition) is 4. The Labute approximate surface area is 174 Å². The first-order valence-electron chi connectivity index (χ1n) is 9.60. The predicted octanol–water partition coefficient (Wildman–Crippen LogP) is 4.82. The van der Waals surface area contributed by atoms with Crippen molar-refractivity contribution in [2.24, 2.45) is 0 Å². The van der Waals surface area contributed by atoms with E-state index in [1.165, 1.54) is 11.1 Å². The van der Waals surface area contributed by atoms with Gasteiger partial charge in [0.25, 0.3) is 0 Å². The summed E-state index contributed by atoms with van der Waals surface area (Å²) in [6.45, 7) is 1.62. The van der Waals surface area contributed by atoms with Crippen molar-refractivity contribution in [3.63, 3.8) is 0 Å². The molecule has 0 saturated heterocycles. The molecule has 0 aromatic heterocycles. The van der Waals surface area contributed by atoms with Crippen LogP contribution in [0.4, 0.5) is 10.5 Å². The Kier molecular flexibility index (Phi) is 5.39. The third kappa shape index (κ3) is 3.98. The number of aliphatic carboxylic acids is 1. The molecule has 0 saturated carbocycles. The van der Waals surface area contributed by atoms with Gasteiger partial charge in [0.1, 0.15) is 12.4 Å². The van der Waals surface area contributed by atoms with Gasteiger partial charge in [-0.25, -0.2) is 9.59 Å². The third-order valence-corrected chi connectivity index (χ3v) is 5.14. The van der Waals surface area contributed by atoms with E-state index in [9.17, 15) is 9.59 Å². The highest BCUT2D eigenvalue weighted by Gasteiger charge is 2.29. The summed E-state index contributed by atoms with van der Waals surface area (Å²) in [5.41, 5.74) is 5.98. The summed E-state index contributed by atoms with van der Waals surface area (Å²) < 4.78 is 10.7. The maximum atomic E-state index is 12.4. The molecule has 2 N–H and O–H groups in total. The first kappa shape index (κ1) is 19.5. The van der Waals surface area contributed by atoms with Crippen molar-refractivity contribution in [2.45, 2.75) is 12.8 Å². The lowest BCUT2D eigenvalue weighted by atomic mass is 9.98. The Balaban J connectivity index is 1.42. The van der Waals surface area contributed by atoms with Crippen LogP contribution in [0.2, 0.25) is 0 Å². The number of carboxylic acids is 1. The monoisotopic (exact) mass is 403 g/mol. The Morgan fingerprint density at radius 3 is 2.20 bits per heavy atom. The minimum Gasteiger partial charge on any atom is -0.482 e. The van der Waals surface area contributed by atoms with Gasteiger partial charge in [0.15, 0.2) is 6.61 Å². The fourth-order valence-corrected chi connectivity index (χ4v) is 3.76. The van der Waals surface area contributed by atoms with Crippen LogP contribution in [0, 0.1) is 6.92 Å². The Morgan fingerprint density at radius 2 is 1.60 bits per heavy atom. The minimum atomic E-state index is -1.05. The quantitative estimate of drug-likeness (QED) is 0.616. The Morgan fingerprint density at radius 1 is 0.967 bits per heavy atom. The fourth-order valence-electron chi connectivity index (χ4n) is 3.76. The van der Waals surface area contributed by atoms with E-state index in [0.717, 1.165) is 16.7 Å². The van der Waals surface area contributed by atoms with Gasteiger partial charge in [0.05, 0.1) is 0 Å². The molecule has 1 amide bonds. The maximum absolute atomic E-state index is 12.4. The number of amides is 1. The van der Waals surface area contributed by atoms with Gasteiger partial charge in [-0.3, -0.25) is 5.32 Å². The molecule has 6 heteroatoms. The zero-order valence-electron chi connectivity index (χ0n) is 16.4. The van der Waals surface area contributed by atoms with Gasteiger partial charge in [0, 0.05) is 11.6 Å². The van der Waals surface area contributed by atoms with Gasteiger partial charge in [-0.2, -0.15) is 0 Å². The molecule has 0 heterocycles. The molecular formula is C24H21NO5. The van der Waals surface area contributed by atoms with Crippen molar-refractivity contribution < 1.29 is 24.2 Å². The molecule has 0 spiro atoms. The average molecular weight is 403 g/mol. The molecule has 0 atom stereocenters. The van der Waals surface area contributed by atoms with Crippen LogP contribution in [-0.4, -0.2) is 30.4 Å². The summed E-state index contributed by atoms with van der Waals surface area (Å²) in [5.74, 6) is -0.627. The zero-order valence-corrected chi connectivity index (χ0v) is 16.4. The van der Waals surface area contributed by atoms with Crippen molar-refractivity contribution in [2.75, 3.05) is 18.5 Å². The van der Waals surface area contributed by atoms with Crippen LogP contribution in [0.3, 0.4) is 0 Å². The molecule has 152 valence electrons.